The molecule has 2 aromatic rings. The molecular weight excluding hydrogens is 368 g/mol. The fourth-order valence-corrected chi connectivity index (χ4v) is 5.78. The van der Waals surface area contributed by atoms with Crippen molar-refractivity contribution >= 4 is 17.2 Å². The largest absolute Gasteiger partial charge is 0.325 e. The van der Waals surface area contributed by atoms with Crippen molar-refractivity contribution in [3.63, 3.8) is 0 Å². The number of benzene rings is 2. The second-order valence-electron chi connectivity index (χ2n) is 9.19. The average molecular weight is 401 g/mol. The molecule has 1 amide bonds. The number of carbonyl (C=O) groups is 1. The Balaban J connectivity index is 1.12. The van der Waals surface area contributed by atoms with Crippen molar-refractivity contribution in [2.45, 2.75) is 56.8 Å². The van der Waals surface area contributed by atoms with Crippen LogP contribution in [0.5, 0.6) is 0 Å². The Morgan fingerprint density at radius 2 is 1.87 bits per heavy atom. The van der Waals surface area contributed by atoms with Crippen LogP contribution in [0.1, 0.15) is 61.6 Å². The zero-order chi connectivity index (χ0) is 20.4. The maximum atomic E-state index is 12.9. The molecule has 1 aliphatic carbocycles. The minimum absolute atomic E-state index is 0.247. The third-order valence-electron chi connectivity index (χ3n) is 7.38. The molecule has 1 atom stereocenters. The van der Waals surface area contributed by atoms with E-state index >= 15 is 0 Å². The molecule has 0 radical (unpaired) electrons. The number of anilines is 1. The van der Waals surface area contributed by atoms with Crippen LogP contribution in [0.3, 0.4) is 0 Å². The van der Waals surface area contributed by atoms with E-state index in [0.29, 0.717) is 0 Å². The van der Waals surface area contributed by atoms with Crippen molar-refractivity contribution in [2.75, 3.05) is 25.0 Å². The lowest BCUT2D eigenvalue weighted by molar-refractivity contribution is -0.121. The molecule has 1 N–H and O–H groups in total. The van der Waals surface area contributed by atoms with Gasteiger partial charge in [0.2, 0.25) is 5.91 Å². The topological polar surface area (TPSA) is 32.3 Å². The standard InChI is InChI=1S/C27H32N2O/c30-26-27(17-8-12-23-11-7-13-24(28-26)25(23)27)16-5-2-6-18-29-19-14-22(15-20-29)21-9-3-1-4-10-21/h1,3-4,7,9-11,13-14H,2,5-6,8,12,15-20H2,(H,28,30). The maximum absolute atomic E-state index is 12.9. The summed E-state index contributed by atoms with van der Waals surface area (Å²) in [5.74, 6) is 0.249. The third kappa shape index (κ3) is 3.60. The molecule has 0 saturated carbocycles. The van der Waals surface area contributed by atoms with Gasteiger partial charge in [0.05, 0.1) is 5.41 Å². The summed E-state index contributed by atoms with van der Waals surface area (Å²) in [6, 6.07) is 17.2. The van der Waals surface area contributed by atoms with Gasteiger partial charge in [0, 0.05) is 18.8 Å². The normalized spacial score (nSPS) is 23.1. The van der Waals surface area contributed by atoms with Gasteiger partial charge in [-0.1, -0.05) is 61.4 Å². The van der Waals surface area contributed by atoms with Crippen LogP contribution in [0.2, 0.25) is 0 Å². The Bertz CT molecular complexity index is 949. The highest BCUT2D eigenvalue weighted by Crippen LogP contribution is 2.49. The van der Waals surface area contributed by atoms with Gasteiger partial charge in [0.25, 0.3) is 0 Å². The van der Waals surface area contributed by atoms with Gasteiger partial charge in [-0.05, 0) is 73.4 Å². The molecule has 1 unspecified atom stereocenters. The quantitative estimate of drug-likeness (QED) is 0.617. The maximum Gasteiger partial charge on any atom is 0.235 e. The van der Waals surface area contributed by atoms with E-state index in [0.717, 1.165) is 57.3 Å². The van der Waals surface area contributed by atoms with Crippen molar-refractivity contribution < 1.29 is 4.79 Å². The summed E-state index contributed by atoms with van der Waals surface area (Å²) in [5.41, 5.74) is 6.42. The van der Waals surface area contributed by atoms with Gasteiger partial charge in [-0.2, -0.15) is 0 Å². The predicted octanol–water partition coefficient (Wildman–Crippen LogP) is 5.56. The van der Waals surface area contributed by atoms with Crippen molar-refractivity contribution in [1.82, 2.24) is 4.90 Å². The molecule has 0 saturated heterocycles. The summed E-state index contributed by atoms with van der Waals surface area (Å²) < 4.78 is 0. The molecule has 2 aliphatic heterocycles. The molecule has 0 fully saturated rings. The summed E-state index contributed by atoms with van der Waals surface area (Å²) in [5, 5.41) is 3.18. The molecule has 5 rings (SSSR count). The predicted molar refractivity (Wildman–Crippen MR) is 124 cm³/mol. The Kier molecular flexibility index (Phi) is 5.47. The smallest absolute Gasteiger partial charge is 0.235 e. The van der Waals surface area contributed by atoms with Gasteiger partial charge in [-0.25, -0.2) is 0 Å². The molecule has 2 aromatic carbocycles. The number of unbranched alkanes of at least 4 members (excludes halogenated alkanes) is 2. The van der Waals surface area contributed by atoms with Gasteiger partial charge in [0.15, 0.2) is 0 Å². The van der Waals surface area contributed by atoms with Crippen LogP contribution in [-0.2, 0) is 16.6 Å². The number of nitrogens with one attached hydrogen (secondary N) is 1. The first-order chi connectivity index (χ1) is 14.8. The molecule has 0 bridgehead atoms. The van der Waals surface area contributed by atoms with Gasteiger partial charge >= 0.3 is 0 Å². The average Bonchev–Trinajstić information content (AvgIpc) is 3.08. The summed E-state index contributed by atoms with van der Waals surface area (Å²) in [4.78, 5) is 15.5. The Hall–Kier alpha value is -2.39. The van der Waals surface area contributed by atoms with E-state index in [1.165, 1.54) is 41.6 Å². The van der Waals surface area contributed by atoms with E-state index in [1.54, 1.807) is 0 Å². The van der Waals surface area contributed by atoms with Crippen molar-refractivity contribution in [3.8, 4) is 0 Å². The van der Waals surface area contributed by atoms with Crippen LogP contribution in [-0.4, -0.2) is 30.4 Å². The zero-order valence-corrected chi connectivity index (χ0v) is 17.8. The first-order valence-electron chi connectivity index (χ1n) is 11.7. The molecule has 2 heterocycles. The SMILES string of the molecule is O=C1Nc2cccc3c2C1(CCCCCN1CC=C(c2ccccc2)CC1)CCC3. The minimum Gasteiger partial charge on any atom is -0.325 e. The summed E-state index contributed by atoms with van der Waals surface area (Å²) in [6.45, 7) is 3.39. The number of rotatable bonds is 7. The van der Waals surface area contributed by atoms with E-state index in [-0.39, 0.29) is 11.3 Å². The van der Waals surface area contributed by atoms with E-state index in [1.807, 2.05) is 0 Å². The van der Waals surface area contributed by atoms with Crippen LogP contribution >= 0.6 is 0 Å². The number of nitrogens with zero attached hydrogens (tertiary/aromatic N) is 1. The van der Waals surface area contributed by atoms with E-state index in [2.05, 4.69) is 64.8 Å². The van der Waals surface area contributed by atoms with Gasteiger partial charge in [0.1, 0.15) is 0 Å². The van der Waals surface area contributed by atoms with Gasteiger partial charge < -0.3 is 5.32 Å². The van der Waals surface area contributed by atoms with E-state index < -0.39 is 0 Å². The highest BCUT2D eigenvalue weighted by atomic mass is 16.2. The molecular formula is C27H32N2O. The Labute approximate surface area is 180 Å². The molecule has 3 aliphatic rings. The number of carbonyl (C=O) groups excluding carboxylic acids is 1. The van der Waals surface area contributed by atoms with Crippen LogP contribution in [0.4, 0.5) is 5.69 Å². The van der Waals surface area contributed by atoms with Gasteiger partial charge in [-0.3, -0.25) is 9.69 Å². The summed E-state index contributed by atoms with van der Waals surface area (Å²) in [7, 11) is 0. The minimum atomic E-state index is -0.247. The van der Waals surface area contributed by atoms with E-state index in [4.69, 9.17) is 0 Å². The first kappa shape index (κ1) is 19.6. The van der Waals surface area contributed by atoms with Crippen molar-refractivity contribution in [3.05, 3.63) is 71.3 Å². The number of amides is 1. The Morgan fingerprint density at radius 3 is 2.70 bits per heavy atom. The summed E-state index contributed by atoms with van der Waals surface area (Å²) in [6.07, 6.45) is 11.4. The number of hydrogen-bond acceptors (Lipinski definition) is 2. The number of hydrogen-bond donors (Lipinski definition) is 1. The highest BCUT2D eigenvalue weighted by Gasteiger charge is 2.48. The summed E-state index contributed by atoms with van der Waals surface area (Å²) >= 11 is 0. The lowest BCUT2D eigenvalue weighted by Gasteiger charge is -2.33. The zero-order valence-electron chi connectivity index (χ0n) is 17.8. The van der Waals surface area contributed by atoms with Crippen LogP contribution in [0, 0.1) is 0 Å². The highest BCUT2D eigenvalue weighted by molar-refractivity contribution is 6.07. The lowest BCUT2D eigenvalue weighted by atomic mass is 9.68. The molecule has 3 nitrogen and oxygen atoms in total. The molecule has 0 aromatic heterocycles. The fraction of sp³-hybridized carbons (Fsp3) is 0.444. The van der Waals surface area contributed by atoms with Crippen molar-refractivity contribution in [1.29, 1.82) is 0 Å². The Morgan fingerprint density at radius 1 is 0.967 bits per heavy atom. The van der Waals surface area contributed by atoms with Crippen LogP contribution < -0.4 is 5.32 Å². The third-order valence-corrected chi connectivity index (χ3v) is 7.38. The molecule has 3 heteroatoms. The lowest BCUT2D eigenvalue weighted by Crippen LogP contribution is -2.37. The molecule has 0 spiro atoms. The fourth-order valence-electron chi connectivity index (χ4n) is 5.78. The first-order valence-corrected chi connectivity index (χ1v) is 11.7. The van der Waals surface area contributed by atoms with Crippen LogP contribution in [0.15, 0.2) is 54.6 Å². The second kappa shape index (κ2) is 8.39. The van der Waals surface area contributed by atoms with E-state index in [9.17, 15) is 4.79 Å². The molecule has 30 heavy (non-hydrogen) atoms. The number of aryl methyl sites for hydroxylation is 1. The monoisotopic (exact) mass is 400 g/mol. The van der Waals surface area contributed by atoms with Gasteiger partial charge in [-0.15, -0.1) is 0 Å². The second-order valence-corrected chi connectivity index (χ2v) is 9.19. The van der Waals surface area contributed by atoms with Crippen LogP contribution in [0.25, 0.3) is 5.57 Å². The molecule has 156 valence electrons. The van der Waals surface area contributed by atoms with Crippen molar-refractivity contribution in [2.24, 2.45) is 0 Å².